The Morgan fingerprint density at radius 1 is 0.824 bits per heavy atom. The van der Waals surface area contributed by atoms with Crippen LogP contribution in [0.1, 0.15) is 65.2 Å². The third kappa shape index (κ3) is 6.68. The molecule has 1 saturated heterocycles. The molecular weight excluding hydrogens is 208 g/mol. The van der Waals surface area contributed by atoms with Gasteiger partial charge in [-0.2, -0.15) is 0 Å². The summed E-state index contributed by atoms with van der Waals surface area (Å²) in [5.74, 6) is 0. The molecule has 1 rings (SSSR count). The number of likely N-dealkylation sites (tertiary alicyclic amines) is 1. The lowest BCUT2D eigenvalue weighted by molar-refractivity contribution is -0.917. The maximum atomic E-state index is 6.25. The first-order valence-electron chi connectivity index (χ1n) is 7.40. The fourth-order valence-electron chi connectivity index (χ4n) is 2.93. The molecule has 2 heteroatoms. The first-order valence-corrected chi connectivity index (χ1v) is 7.40. The van der Waals surface area contributed by atoms with E-state index in [1.165, 1.54) is 82.0 Å². The standard InChI is InChI=1S/C14H30N.CN/c1-3-5-7-8-12-15(11-6-4-2)13-9-10-14-15;1-2/h3-14H2,1-2H3;/q+1;-1. The molecule has 1 heterocycles. The zero-order chi connectivity index (χ0) is 13.0. The predicted molar refractivity (Wildman–Crippen MR) is 73.0 cm³/mol. The van der Waals surface area contributed by atoms with Crippen molar-refractivity contribution in [1.29, 1.82) is 5.26 Å². The SMILES string of the molecule is CCCCCC[N+]1(CCCC)CCCC1.[C-]#N. The number of rotatable bonds is 8. The van der Waals surface area contributed by atoms with Crippen LogP contribution in [0.25, 0.3) is 0 Å². The molecule has 0 spiro atoms. The molecular formula is C15H30N2. The van der Waals surface area contributed by atoms with E-state index in [0.29, 0.717) is 0 Å². The van der Waals surface area contributed by atoms with E-state index in [-0.39, 0.29) is 0 Å². The third-order valence-electron chi connectivity index (χ3n) is 3.99. The van der Waals surface area contributed by atoms with Gasteiger partial charge in [-0.3, -0.25) is 0 Å². The van der Waals surface area contributed by atoms with Crippen molar-refractivity contribution in [1.82, 2.24) is 0 Å². The highest BCUT2D eigenvalue weighted by Gasteiger charge is 2.30. The topological polar surface area (TPSA) is 23.8 Å². The summed E-state index contributed by atoms with van der Waals surface area (Å²) in [5, 5.41) is 6.25. The molecule has 1 aliphatic rings. The van der Waals surface area contributed by atoms with Crippen molar-refractivity contribution in [3.05, 3.63) is 6.57 Å². The summed E-state index contributed by atoms with van der Waals surface area (Å²) < 4.78 is 1.47. The van der Waals surface area contributed by atoms with Crippen molar-refractivity contribution >= 4 is 0 Å². The van der Waals surface area contributed by atoms with Gasteiger partial charge in [-0.1, -0.05) is 33.1 Å². The van der Waals surface area contributed by atoms with Gasteiger partial charge in [-0.25, -0.2) is 0 Å². The van der Waals surface area contributed by atoms with Gasteiger partial charge >= 0.3 is 0 Å². The van der Waals surface area contributed by atoms with Crippen molar-refractivity contribution in [2.75, 3.05) is 26.2 Å². The summed E-state index contributed by atoms with van der Waals surface area (Å²) in [6, 6.07) is 0. The molecule has 0 unspecified atom stereocenters. The summed E-state index contributed by atoms with van der Waals surface area (Å²) in [5.41, 5.74) is 0. The van der Waals surface area contributed by atoms with Gasteiger partial charge in [-0.15, -0.1) is 0 Å². The van der Waals surface area contributed by atoms with Gasteiger partial charge in [0.2, 0.25) is 0 Å². The molecule has 0 amide bonds. The number of nitrogens with zero attached hydrogens (tertiary/aromatic N) is 2. The van der Waals surface area contributed by atoms with Crippen molar-refractivity contribution in [3.63, 3.8) is 0 Å². The quantitative estimate of drug-likeness (QED) is 0.355. The molecule has 1 fully saturated rings. The van der Waals surface area contributed by atoms with Crippen molar-refractivity contribution in [2.24, 2.45) is 0 Å². The van der Waals surface area contributed by atoms with Crippen LogP contribution in [0.2, 0.25) is 0 Å². The van der Waals surface area contributed by atoms with Crippen LogP contribution < -0.4 is 0 Å². The molecule has 1 aliphatic heterocycles. The van der Waals surface area contributed by atoms with Crippen molar-refractivity contribution < 1.29 is 4.48 Å². The molecule has 0 atom stereocenters. The Kier molecular flexibility index (Phi) is 10.3. The summed E-state index contributed by atoms with van der Waals surface area (Å²) in [6.07, 6.45) is 11.5. The van der Waals surface area contributed by atoms with E-state index in [1.807, 2.05) is 0 Å². The van der Waals surface area contributed by atoms with E-state index in [4.69, 9.17) is 11.8 Å². The molecule has 0 aromatic heterocycles. The van der Waals surface area contributed by atoms with Crippen molar-refractivity contribution in [3.8, 4) is 0 Å². The van der Waals surface area contributed by atoms with Crippen LogP contribution in [0.15, 0.2) is 0 Å². The second kappa shape index (κ2) is 10.6. The van der Waals surface area contributed by atoms with Gasteiger partial charge in [-0.05, 0) is 19.3 Å². The van der Waals surface area contributed by atoms with Crippen LogP contribution in [0, 0.1) is 11.8 Å². The molecule has 0 bridgehead atoms. The minimum absolute atomic E-state index is 1.37. The summed E-state index contributed by atoms with van der Waals surface area (Å²) in [4.78, 5) is 0. The monoisotopic (exact) mass is 238 g/mol. The van der Waals surface area contributed by atoms with Crippen LogP contribution in [-0.4, -0.2) is 30.7 Å². The minimum atomic E-state index is 1.37. The number of quaternary nitrogens is 1. The average molecular weight is 238 g/mol. The molecule has 0 N–H and O–H groups in total. The Bertz CT molecular complexity index is 181. The summed E-state index contributed by atoms with van der Waals surface area (Å²) in [7, 11) is 0. The highest BCUT2D eigenvalue weighted by atomic mass is 15.4. The molecule has 100 valence electrons. The van der Waals surface area contributed by atoms with E-state index in [2.05, 4.69) is 13.8 Å². The first-order chi connectivity index (χ1) is 8.33. The van der Waals surface area contributed by atoms with Gasteiger partial charge in [0.05, 0.1) is 26.2 Å². The highest BCUT2D eigenvalue weighted by Crippen LogP contribution is 2.22. The number of hydrogen-bond acceptors (Lipinski definition) is 1. The maximum Gasteiger partial charge on any atom is 0.0788 e. The third-order valence-corrected chi connectivity index (χ3v) is 3.99. The van der Waals surface area contributed by atoms with E-state index >= 15 is 0 Å². The van der Waals surface area contributed by atoms with Crippen LogP contribution in [0.4, 0.5) is 0 Å². The Morgan fingerprint density at radius 2 is 1.35 bits per heavy atom. The fraction of sp³-hybridized carbons (Fsp3) is 0.933. The van der Waals surface area contributed by atoms with E-state index in [9.17, 15) is 0 Å². The second-order valence-corrected chi connectivity index (χ2v) is 5.36. The van der Waals surface area contributed by atoms with Gasteiger partial charge in [0.1, 0.15) is 0 Å². The zero-order valence-electron chi connectivity index (χ0n) is 11.9. The van der Waals surface area contributed by atoms with Gasteiger partial charge in [0.15, 0.2) is 0 Å². The van der Waals surface area contributed by atoms with Crippen LogP contribution in [0.5, 0.6) is 0 Å². The molecule has 0 radical (unpaired) electrons. The lowest BCUT2D eigenvalue weighted by Gasteiger charge is -2.34. The lowest BCUT2D eigenvalue weighted by Crippen LogP contribution is -2.46. The Balaban J connectivity index is 0.00000121. The molecule has 0 aromatic rings. The zero-order valence-corrected chi connectivity index (χ0v) is 11.9. The largest absolute Gasteiger partial charge is 0.512 e. The number of unbranched alkanes of at least 4 members (excludes halogenated alkanes) is 4. The first kappa shape index (κ1) is 16.4. The molecule has 2 nitrogen and oxygen atoms in total. The average Bonchev–Trinajstić information content (AvgIpc) is 2.84. The van der Waals surface area contributed by atoms with Crippen molar-refractivity contribution in [2.45, 2.75) is 65.2 Å². The van der Waals surface area contributed by atoms with E-state index < -0.39 is 0 Å². The predicted octanol–water partition coefficient (Wildman–Crippen LogP) is 4.07. The lowest BCUT2D eigenvalue weighted by atomic mass is 10.1. The normalized spacial score (nSPS) is 17.4. The van der Waals surface area contributed by atoms with Gasteiger partial charge < -0.3 is 16.3 Å². The second-order valence-electron chi connectivity index (χ2n) is 5.36. The Labute approximate surface area is 108 Å². The summed E-state index contributed by atoms with van der Waals surface area (Å²) in [6.45, 7) is 15.3. The Morgan fingerprint density at radius 3 is 1.88 bits per heavy atom. The smallest absolute Gasteiger partial charge is 0.0788 e. The molecule has 0 saturated carbocycles. The van der Waals surface area contributed by atoms with Gasteiger partial charge in [0.25, 0.3) is 0 Å². The van der Waals surface area contributed by atoms with E-state index in [1.54, 1.807) is 0 Å². The molecule has 0 aromatic carbocycles. The van der Waals surface area contributed by atoms with Gasteiger partial charge in [0, 0.05) is 12.8 Å². The highest BCUT2D eigenvalue weighted by molar-refractivity contribution is 4.56. The molecule has 0 aliphatic carbocycles. The fourth-order valence-corrected chi connectivity index (χ4v) is 2.93. The van der Waals surface area contributed by atoms with Crippen LogP contribution in [-0.2, 0) is 0 Å². The molecule has 17 heavy (non-hydrogen) atoms. The Hall–Kier alpha value is -0.550. The number of hydrogen-bond donors (Lipinski definition) is 0. The minimum Gasteiger partial charge on any atom is -0.512 e. The van der Waals surface area contributed by atoms with Crippen LogP contribution >= 0.6 is 0 Å². The van der Waals surface area contributed by atoms with E-state index in [0.717, 1.165) is 0 Å². The van der Waals surface area contributed by atoms with Crippen LogP contribution in [0.3, 0.4) is 0 Å². The summed E-state index contributed by atoms with van der Waals surface area (Å²) >= 11 is 0. The maximum absolute atomic E-state index is 6.25.